The minimum atomic E-state index is -0.589. The van der Waals surface area contributed by atoms with Gasteiger partial charge in [-0.3, -0.25) is 9.59 Å². The Morgan fingerprint density at radius 1 is 0.917 bits per heavy atom. The lowest BCUT2D eigenvalue weighted by Crippen LogP contribution is -2.52. The first kappa shape index (κ1) is 27.5. The zero-order chi connectivity index (χ0) is 25.9. The van der Waals surface area contributed by atoms with Crippen LogP contribution in [-0.4, -0.2) is 34.6 Å². The first-order chi connectivity index (χ1) is 17.4. The smallest absolute Gasteiger partial charge is 0.243 e. The van der Waals surface area contributed by atoms with E-state index in [1.807, 2.05) is 74.5 Å². The maximum absolute atomic E-state index is 13.7. The topological polar surface area (TPSA) is 49.4 Å². The second-order valence-electron chi connectivity index (χ2n) is 9.45. The van der Waals surface area contributed by atoms with Crippen LogP contribution in [0.25, 0.3) is 0 Å². The van der Waals surface area contributed by atoms with Crippen molar-refractivity contribution >= 4 is 23.6 Å². The number of thioether (sulfide) groups is 1. The van der Waals surface area contributed by atoms with Gasteiger partial charge < -0.3 is 10.2 Å². The fraction of sp³-hybridized carbons (Fsp3) is 0.355. The highest BCUT2D eigenvalue weighted by atomic mass is 32.2. The number of rotatable bonds is 12. The summed E-state index contributed by atoms with van der Waals surface area (Å²) < 4.78 is 0. The maximum Gasteiger partial charge on any atom is 0.243 e. The SMILES string of the molecule is CCC(C)NC(=O)C(Cc1ccccc1)N(Cc1cccc(C)c1)C(=O)CSCc1ccccc1C. The van der Waals surface area contributed by atoms with Crippen LogP contribution < -0.4 is 5.32 Å². The molecule has 3 aromatic carbocycles. The van der Waals surface area contributed by atoms with Crippen LogP contribution in [0.4, 0.5) is 0 Å². The molecule has 0 aliphatic rings. The predicted octanol–water partition coefficient (Wildman–Crippen LogP) is 6.09. The minimum Gasteiger partial charge on any atom is -0.352 e. The van der Waals surface area contributed by atoms with E-state index in [-0.39, 0.29) is 17.9 Å². The van der Waals surface area contributed by atoms with E-state index in [2.05, 4.69) is 37.4 Å². The number of carbonyl (C=O) groups is 2. The van der Waals surface area contributed by atoms with Crippen molar-refractivity contribution in [2.75, 3.05) is 5.75 Å². The third kappa shape index (κ3) is 8.27. The Kier molecular flexibility index (Phi) is 10.6. The van der Waals surface area contributed by atoms with E-state index in [4.69, 9.17) is 0 Å². The van der Waals surface area contributed by atoms with E-state index < -0.39 is 6.04 Å². The number of hydrogen-bond acceptors (Lipinski definition) is 3. The lowest BCUT2D eigenvalue weighted by atomic mass is 10.0. The van der Waals surface area contributed by atoms with Gasteiger partial charge in [0.2, 0.25) is 11.8 Å². The van der Waals surface area contributed by atoms with Gasteiger partial charge in [-0.2, -0.15) is 0 Å². The average Bonchev–Trinajstić information content (AvgIpc) is 2.87. The summed E-state index contributed by atoms with van der Waals surface area (Å²) in [6.07, 6.45) is 1.31. The Hall–Kier alpha value is -3.05. The molecular weight excluding hydrogens is 464 g/mol. The highest BCUT2D eigenvalue weighted by Gasteiger charge is 2.30. The molecule has 190 valence electrons. The van der Waals surface area contributed by atoms with Crippen LogP contribution in [0.5, 0.6) is 0 Å². The number of amides is 2. The van der Waals surface area contributed by atoms with Gasteiger partial charge in [0, 0.05) is 24.8 Å². The van der Waals surface area contributed by atoms with E-state index in [1.165, 1.54) is 11.1 Å². The van der Waals surface area contributed by atoms with Gasteiger partial charge in [0.1, 0.15) is 6.04 Å². The third-order valence-electron chi connectivity index (χ3n) is 6.45. The van der Waals surface area contributed by atoms with Gasteiger partial charge in [0.25, 0.3) is 0 Å². The quantitative estimate of drug-likeness (QED) is 0.326. The third-order valence-corrected chi connectivity index (χ3v) is 7.42. The van der Waals surface area contributed by atoms with Crippen LogP contribution in [0, 0.1) is 13.8 Å². The number of hydrogen-bond donors (Lipinski definition) is 1. The Morgan fingerprint density at radius 2 is 1.61 bits per heavy atom. The van der Waals surface area contributed by atoms with Crippen molar-refractivity contribution in [3.63, 3.8) is 0 Å². The van der Waals surface area contributed by atoms with E-state index in [9.17, 15) is 9.59 Å². The predicted molar refractivity (Wildman–Crippen MR) is 151 cm³/mol. The fourth-order valence-electron chi connectivity index (χ4n) is 4.11. The Morgan fingerprint density at radius 3 is 2.31 bits per heavy atom. The highest BCUT2D eigenvalue weighted by molar-refractivity contribution is 7.99. The number of nitrogens with zero attached hydrogens (tertiary/aromatic N) is 1. The van der Waals surface area contributed by atoms with Crippen LogP contribution in [0.1, 0.15) is 48.1 Å². The Bertz CT molecular complexity index is 1130. The number of benzene rings is 3. The standard InChI is InChI=1S/C31H38N2O2S/c1-5-25(4)32-31(35)29(19-26-14-7-6-8-15-26)33(20-27-16-11-12-23(2)18-27)30(34)22-36-21-28-17-10-9-13-24(28)3/h6-18,25,29H,5,19-22H2,1-4H3,(H,32,35). The van der Waals surface area contributed by atoms with Crippen molar-refractivity contribution in [1.29, 1.82) is 0 Å². The first-order valence-electron chi connectivity index (χ1n) is 12.7. The van der Waals surface area contributed by atoms with Gasteiger partial charge in [0.05, 0.1) is 5.75 Å². The largest absolute Gasteiger partial charge is 0.352 e. The van der Waals surface area contributed by atoms with Crippen molar-refractivity contribution in [1.82, 2.24) is 10.2 Å². The van der Waals surface area contributed by atoms with Gasteiger partial charge in [-0.05, 0) is 49.4 Å². The number of aryl methyl sites for hydroxylation is 2. The summed E-state index contributed by atoms with van der Waals surface area (Å²) in [6.45, 7) is 8.59. The van der Waals surface area contributed by atoms with Crippen molar-refractivity contribution in [2.45, 2.75) is 64.9 Å². The molecule has 0 aliphatic carbocycles. The zero-order valence-electron chi connectivity index (χ0n) is 21.9. The second kappa shape index (κ2) is 13.9. The van der Waals surface area contributed by atoms with Crippen molar-refractivity contribution in [3.05, 3.63) is 107 Å². The molecule has 0 aromatic heterocycles. The summed E-state index contributed by atoms with van der Waals surface area (Å²) in [5, 5.41) is 3.13. The summed E-state index contributed by atoms with van der Waals surface area (Å²) in [7, 11) is 0. The average molecular weight is 503 g/mol. The maximum atomic E-state index is 13.7. The van der Waals surface area contributed by atoms with Crippen LogP contribution in [0.15, 0.2) is 78.9 Å². The van der Waals surface area contributed by atoms with Crippen LogP contribution in [-0.2, 0) is 28.3 Å². The molecule has 2 amide bonds. The number of carbonyl (C=O) groups excluding carboxylic acids is 2. The molecule has 2 unspecified atom stereocenters. The molecule has 3 aromatic rings. The van der Waals surface area contributed by atoms with Crippen molar-refractivity contribution in [3.8, 4) is 0 Å². The Labute approximate surface area is 220 Å². The van der Waals surface area contributed by atoms with Crippen LogP contribution in [0.2, 0.25) is 0 Å². The second-order valence-corrected chi connectivity index (χ2v) is 10.4. The Balaban J connectivity index is 1.86. The molecule has 3 rings (SSSR count). The summed E-state index contributed by atoms with van der Waals surface area (Å²) >= 11 is 1.60. The summed E-state index contributed by atoms with van der Waals surface area (Å²) in [4.78, 5) is 29.1. The fourth-order valence-corrected chi connectivity index (χ4v) is 5.09. The lowest BCUT2D eigenvalue weighted by Gasteiger charge is -2.32. The molecule has 0 spiro atoms. The van der Waals surface area contributed by atoms with Gasteiger partial charge in [-0.1, -0.05) is 91.3 Å². The molecule has 0 saturated heterocycles. The van der Waals surface area contributed by atoms with Gasteiger partial charge in [0.15, 0.2) is 0 Å². The summed E-state index contributed by atoms with van der Waals surface area (Å²) in [5.74, 6) is 0.967. The number of nitrogens with one attached hydrogen (secondary N) is 1. The van der Waals surface area contributed by atoms with Crippen molar-refractivity contribution in [2.24, 2.45) is 0 Å². The minimum absolute atomic E-state index is 0.0182. The molecule has 5 heteroatoms. The molecule has 0 bridgehead atoms. The van der Waals surface area contributed by atoms with Crippen LogP contribution in [0.3, 0.4) is 0 Å². The molecule has 4 nitrogen and oxygen atoms in total. The van der Waals surface area contributed by atoms with Gasteiger partial charge >= 0.3 is 0 Å². The molecule has 36 heavy (non-hydrogen) atoms. The molecule has 0 fully saturated rings. The molecular formula is C31H38N2O2S. The summed E-state index contributed by atoms with van der Waals surface area (Å²) in [5.41, 5.74) is 5.66. The normalized spacial score (nSPS) is 12.6. The molecule has 2 atom stereocenters. The monoisotopic (exact) mass is 502 g/mol. The molecule has 1 N–H and O–H groups in total. The first-order valence-corrected chi connectivity index (χ1v) is 13.8. The molecule has 0 heterocycles. The lowest BCUT2D eigenvalue weighted by molar-refractivity contribution is -0.139. The van der Waals surface area contributed by atoms with Crippen LogP contribution >= 0.6 is 11.8 Å². The summed E-state index contributed by atoms with van der Waals surface area (Å²) in [6, 6.07) is 25.8. The van der Waals surface area contributed by atoms with E-state index in [0.29, 0.717) is 18.7 Å². The van der Waals surface area contributed by atoms with Gasteiger partial charge in [-0.15, -0.1) is 11.8 Å². The van der Waals surface area contributed by atoms with Gasteiger partial charge in [-0.25, -0.2) is 0 Å². The van der Waals surface area contributed by atoms with Crippen molar-refractivity contribution < 1.29 is 9.59 Å². The molecule has 0 radical (unpaired) electrons. The molecule has 0 saturated carbocycles. The van der Waals surface area contributed by atoms with E-state index >= 15 is 0 Å². The molecule has 0 aliphatic heterocycles. The zero-order valence-corrected chi connectivity index (χ0v) is 22.7. The van der Waals surface area contributed by atoms with E-state index in [0.717, 1.165) is 28.9 Å². The highest BCUT2D eigenvalue weighted by Crippen LogP contribution is 2.20. The van der Waals surface area contributed by atoms with E-state index in [1.54, 1.807) is 16.7 Å².